The van der Waals surface area contributed by atoms with Crippen LogP contribution in [0.1, 0.15) is 32.1 Å². The summed E-state index contributed by atoms with van der Waals surface area (Å²) < 4.78 is 0. The van der Waals surface area contributed by atoms with Crippen molar-refractivity contribution in [2.24, 2.45) is 0 Å². The summed E-state index contributed by atoms with van der Waals surface area (Å²) in [6, 6.07) is 2.33. The van der Waals surface area contributed by atoms with Gasteiger partial charge in [-0.2, -0.15) is 5.26 Å². The third-order valence-corrected chi connectivity index (χ3v) is 2.81. The van der Waals surface area contributed by atoms with Crippen molar-refractivity contribution >= 4 is 0 Å². The van der Waals surface area contributed by atoms with Crippen molar-refractivity contribution in [1.82, 2.24) is 4.90 Å². The Morgan fingerprint density at radius 3 is 2.50 bits per heavy atom. The normalized spacial score (nSPS) is 23.4. The Bertz CT molecular complexity index is 241. The summed E-state index contributed by atoms with van der Waals surface area (Å²) in [7, 11) is 0. The summed E-state index contributed by atoms with van der Waals surface area (Å²) in [5.74, 6) is 0. The van der Waals surface area contributed by atoms with E-state index in [-0.39, 0.29) is 0 Å². The minimum Gasteiger partial charge on any atom is -0.374 e. The Balaban J connectivity index is 2.15. The summed E-state index contributed by atoms with van der Waals surface area (Å²) in [5.41, 5.74) is 2.41. The van der Waals surface area contributed by atoms with E-state index < -0.39 is 0 Å². The molecule has 1 fully saturated rings. The van der Waals surface area contributed by atoms with Crippen LogP contribution in [0, 0.1) is 11.3 Å². The molecule has 0 amide bonds. The van der Waals surface area contributed by atoms with E-state index in [4.69, 9.17) is 5.26 Å². The number of rotatable bonds is 1. The SMILES string of the molecule is N#CC1=C(N2CCCC2)CCC1. The average molecular weight is 162 g/mol. The molecule has 1 aliphatic carbocycles. The molecule has 0 aromatic carbocycles. The second-order valence-corrected chi connectivity index (χ2v) is 3.58. The second kappa shape index (κ2) is 3.18. The lowest BCUT2D eigenvalue weighted by molar-refractivity contribution is 0.413. The largest absolute Gasteiger partial charge is 0.374 e. The Labute approximate surface area is 73.5 Å². The third kappa shape index (κ3) is 1.20. The molecular formula is C10H14N2. The zero-order valence-electron chi connectivity index (χ0n) is 7.34. The molecule has 0 radical (unpaired) electrons. The third-order valence-electron chi connectivity index (χ3n) is 2.81. The van der Waals surface area contributed by atoms with Gasteiger partial charge in [-0.1, -0.05) is 0 Å². The van der Waals surface area contributed by atoms with Gasteiger partial charge in [0.2, 0.25) is 0 Å². The predicted octanol–water partition coefficient (Wildman–Crippen LogP) is 2.04. The Morgan fingerprint density at radius 2 is 1.83 bits per heavy atom. The van der Waals surface area contributed by atoms with Gasteiger partial charge in [-0.3, -0.25) is 0 Å². The molecule has 2 aliphatic rings. The number of hydrogen-bond acceptors (Lipinski definition) is 2. The van der Waals surface area contributed by atoms with Crippen LogP contribution in [0.2, 0.25) is 0 Å². The molecule has 1 aliphatic heterocycles. The molecule has 64 valence electrons. The van der Waals surface area contributed by atoms with Crippen LogP contribution in [0.25, 0.3) is 0 Å². The molecule has 0 N–H and O–H groups in total. The molecule has 0 aromatic rings. The molecule has 1 heterocycles. The summed E-state index contributed by atoms with van der Waals surface area (Å²) in [5, 5.41) is 8.86. The Morgan fingerprint density at radius 1 is 1.08 bits per heavy atom. The molecular weight excluding hydrogens is 148 g/mol. The van der Waals surface area contributed by atoms with E-state index in [2.05, 4.69) is 11.0 Å². The monoisotopic (exact) mass is 162 g/mol. The highest BCUT2D eigenvalue weighted by molar-refractivity contribution is 5.31. The van der Waals surface area contributed by atoms with Crippen molar-refractivity contribution in [1.29, 1.82) is 5.26 Å². The van der Waals surface area contributed by atoms with Gasteiger partial charge in [0.25, 0.3) is 0 Å². The molecule has 0 bridgehead atoms. The van der Waals surface area contributed by atoms with Crippen molar-refractivity contribution in [3.05, 3.63) is 11.3 Å². The fourth-order valence-electron chi connectivity index (χ4n) is 2.18. The van der Waals surface area contributed by atoms with Crippen LogP contribution in [0.15, 0.2) is 11.3 Å². The molecule has 2 rings (SSSR count). The number of hydrogen-bond donors (Lipinski definition) is 0. The summed E-state index contributed by atoms with van der Waals surface area (Å²) in [6.45, 7) is 2.36. The van der Waals surface area contributed by atoms with Gasteiger partial charge in [-0.15, -0.1) is 0 Å². The lowest BCUT2D eigenvalue weighted by Gasteiger charge is -2.19. The van der Waals surface area contributed by atoms with Crippen molar-refractivity contribution in [3.63, 3.8) is 0 Å². The van der Waals surface area contributed by atoms with Gasteiger partial charge in [-0.05, 0) is 32.1 Å². The average Bonchev–Trinajstić information content (AvgIpc) is 2.74. The van der Waals surface area contributed by atoms with Crippen molar-refractivity contribution < 1.29 is 0 Å². The van der Waals surface area contributed by atoms with E-state index in [1.54, 1.807) is 0 Å². The van der Waals surface area contributed by atoms with Crippen LogP contribution in [0.4, 0.5) is 0 Å². The first kappa shape index (κ1) is 7.67. The highest BCUT2D eigenvalue weighted by Crippen LogP contribution is 2.30. The highest BCUT2D eigenvalue weighted by Gasteiger charge is 2.21. The Hall–Kier alpha value is -0.970. The van der Waals surface area contributed by atoms with Gasteiger partial charge in [0.05, 0.1) is 6.07 Å². The maximum absolute atomic E-state index is 8.86. The van der Waals surface area contributed by atoms with Crippen LogP contribution in [-0.4, -0.2) is 18.0 Å². The number of likely N-dealkylation sites (tertiary alicyclic amines) is 1. The number of allylic oxidation sites excluding steroid dienone is 2. The molecule has 2 heteroatoms. The van der Waals surface area contributed by atoms with E-state index in [0.717, 1.165) is 18.4 Å². The van der Waals surface area contributed by atoms with Gasteiger partial charge < -0.3 is 4.90 Å². The topological polar surface area (TPSA) is 27.0 Å². The highest BCUT2D eigenvalue weighted by atomic mass is 15.2. The predicted molar refractivity (Wildman–Crippen MR) is 47.3 cm³/mol. The Kier molecular flexibility index (Phi) is 2.03. The first-order valence-electron chi connectivity index (χ1n) is 4.79. The van der Waals surface area contributed by atoms with Crippen molar-refractivity contribution in [2.45, 2.75) is 32.1 Å². The van der Waals surface area contributed by atoms with Gasteiger partial charge in [0, 0.05) is 24.4 Å². The minimum absolute atomic E-state index is 1.02. The smallest absolute Gasteiger partial charge is 0.0965 e. The first-order chi connectivity index (χ1) is 5.92. The van der Waals surface area contributed by atoms with E-state index in [0.29, 0.717) is 0 Å². The van der Waals surface area contributed by atoms with Crippen LogP contribution in [0.5, 0.6) is 0 Å². The van der Waals surface area contributed by atoms with Gasteiger partial charge >= 0.3 is 0 Å². The van der Waals surface area contributed by atoms with Crippen LogP contribution in [0.3, 0.4) is 0 Å². The lowest BCUT2D eigenvalue weighted by Crippen LogP contribution is -2.18. The summed E-state index contributed by atoms with van der Waals surface area (Å²) in [4.78, 5) is 2.41. The molecule has 0 aromatic heterocycles. The summed E-state index contributed by atoms with van der Waals surface area (Å²) >= 11 is 0. The number of nitriles is 1. The van der Waals surface area contributed by atoms with E-state index >= 15 is 0 Å². The van der Waals surface area contributed by atoms with E-state index in [1.165, 1.54) is 38.0 Å². The van der Waals surface area contributed by atoms with Crippen molar-refractivity contribution in [3.8, 4) is 6.07 Å². The van der Waals surface area contributed by atoms with Crippen LogP contribution >= 0.6 is 0 Å². The quantitative estimate of drug-likeness (QED) is 0.590. The standard InChI is InChI=1S/C10H14N2/c11-8-9-4-3-5-10(9)12-6-1-2-7-12/h1-7H2. The zero-order valence-corrected chi connectivity index (χ0v) is 7.34. The molecule has 0 atom stereocenters. The first-order valence-corrected chi connectivity index (χ1v) is 4.79. The molecule has 0 saturated carbocycles. The maximum Gasteiger partial charge on any atom is 0.0965 e. The van der Waals surface area contributed by atoms with E-state index in [1.807, 2.05) is 0 Å². The molecule has 1 saturated heterocycles. The van der Waals surface area contributed by atoms with E-state index in [9.17, 15) is 0 Å². The van der Waals surface area contributed by atoms with Gasteiger partial charge in [0.1, 0.15) is 0 Å². The fourth-order valence-corrected chi connectivity index (χ4v) is 2.18. The molecule has 0 unspecified atom stereocenters. The molecule has 12 heavy (non-hydrogen) atoms. The van der Waals surface area contributed by atoms with Crippen LogP contribution < -0.4 is 0 Å². The lowest BCUT2D eigenvalue weighted by atomic mass is 10.2. The summed E-state index contributed by atoms with van der Waals surface area (Å²) in [6.07, 6.45) is 5.96. The fraction of sp³-hybridized carbons (Fsp3) is 0.700. The maximum atomic E-state index is 8.86. The van der Waals surface area contributed by atoms with Gasteiger partial charge in [-0.25, -0.2) is 0 Å². The van der Waals surface area contributed by atoms with Gasteiger partial charge in [0.15, 0.2) is 0 Å². The van der Waals surface area contributed by atoms with Crippen molar-refractivity contribution in [2.75, 3.05) is 13.1 Å². The minimum atomic E-state index is 1.02. The molecule has 2 nitrogen and oxygen atoms in total. The zero-order chi connectivity index (χ0) is 8.39. The molecule has 0 spiro atoms. The number of nitrogens with zero attached hydrogens (tertiary/aromatic N) is 2. The second-order valence-electron chi connectivity index (χ2n) is 3.58. The van der Waals surface area contributed by atoms with Crippen LogP contribution in [-0.2, 0) is 0 Å².